The molecule has 1 aliphatic heterocycles. The van der Waals surface area contributed by atoms with Gasteiger partial charge in [-0.2, -0.15) is 0 Å². The molecule has 1 aromatic carbocycles. The molecule has 1 fully saturated rings. The Kier molecular flexibility index (Phi) is 3.49. The fourth-order valence-corrected chi connectivity index (χ4v) is 2.07. The molecule has 15 heavy (non-hydrogen) atoms. The van der Waals surface area contributed by atoms with Crippen LogP contribution in [0.2, 0.25) is 5.02 Å². The van der Waals surface area contributed by atoms with Crippen molar-refractivity contribution in [3.8, 4) is 5.75 Å². The molecule has 0 aromatic heterocycles. The summed E-state index contributed by atoms with van der Waals surface area (Å²) >= 11 is 6.06. The zero-order chi connectivity index (χ0) is 10.7. The third kappa shape index (κ3) is 2.64. The average molecular weight is 226 g/mol. The summed E-state index contributed by atoms with van der Waals surface area (Å²) < 4.78 is 5.12. The SMILES string of the molecule is COc1ccc(CCC2CNC2)cc1Cl. The van der Waals surface area contributed by atoms with Crippen molar-refractivity contribution in [3.05, 3.63) is 28.8 Å². The summed E-state index contributed by atoms with van der Waals surface area (Å²) in [6, 6.07) is 6.04. The van der Waals surface area contributed by atoms with Crippen LogP contribution in [-0.2, 0) is 6.42 Å². The molecule has 0 spiro atoms. The van der Waals surface area contributed by atoms with Gasteiger partial charge < -0.3 is 10.1 Å². The van der Waals surface area contributed by atoms with E-state index >= 15 is 0 Å². The number of benzene rings is 1. The van der Waals surface area contributed by atoms with E-state index in [9.17, 15) is 0 Å². The molecule has 0 atom stereocenters. The van der Waals surface area contributed by atoms with Gasteiger partial charge in [0.1, 0.15) is 5.75 Å². The maximum absolute atomic E-state index is 6.06. The molecule has 1 aromatic rings. The first-order chi connectivity index (χ1) is 7.29. The lowest BCUT2D eigenvalue weighted by molar-refractivity contribution is 0.328. The van der Waals surface area contributed by atoms with E-state index in [2.05, 4.69) is 11.4 Å². The van der Waals surface area contributed by atoms with Gasteiger partial charge in [-0.25, -0.2) is 0 Å². The van der Waals surface area contributed by atoms with Crippen LogP contribution >= 0.6 is 11.6 Å². The molecule has 0 unspecified atom stereocenters. The van der Waals surface area contributed by atoms with E-state index in [0.717, 1.165) is 18.1 Å². The number of nitrogens with one attached hydrogen (secondary N) is 1. The zero-order valence-electron chi connectivity index (χ0n) is 8.92. The Labute approximate surface area is 95.6 Å². The normalized spacial score (nSPS) is 16.1. The molecule has 1 saturated heterocycles. The number of methoxy groups -OCH3 is 1. The van der Waals surface area contributed by atoms with Gasteiger partial charge in [-0.15, -0.1) is 0 Å². The molecule has 1 N–H and O–H groups in total. The van der Waals surface area contributed by atoms with E-state index in [1.807, 2.05) is 12.1 Å². The maximum Gasteiger partial charge on any atom is 0.137 e. The van der Waals surface area contributed by atoms with E-state index < -0.39 is 0 Å². The summed E-state index contributed by atoms with van der Waals surface area (Å²) in [5.41, 5.74) is 1.30. The van der Waals surface area contributed by atoms with Crippen molar-refractivity contribution < 1.29 is 4.74 Å². The quantitative estimate of drug-likeness (QED) is 0.850. The smallest absolute Gasteiger partial charge is 0.137 e. The minimum atomic E-state index is 0.710. The molecule has 0 amide bonds. The lowest BCUT2D eigenvalue weighted by Crippen LogP contribution is -2.42. The van der Waals surface area contributed by atoms with E-state index in [4.69, 9.17) is 16.3 Å². The number of rotatable bonds is 4. The van der Waals surface area contributed by atoms with Crippen molar-refractivity contribution in [2.75, 3.05) is 20.2 Å². The molecule has 0 bridgehead atoms. The van der Waals surface area contributed by atoms with Crippen molar-refractivity contribution >= 4 is 11.6 Å². The standard InChI is InChI=1S/C12H16ClNO/c1-15-12-5-4-9(6-11(12)13)2-3-10-7-14-8-10/h4-6,10,14H,2-3,7-8H2,1H3. The van der Waals surface area contributed by atoms with Gasteiger partial charge in [0.15, 0.2) is 0 Å². The second-order valence-electron chi connectivity index (χ2n) is 4.03. The lowest BCUT2D eigenvalue weighted by Gasteiger charge is -2.26. The fourth-order valence-electron chi connectivity index (χ4n) is 1.79. The van der Waals surface area contributed by atoms with Crippen molar-refractivity contribution in [1.82, 2.24) is 5.32 Å². The minimum absolute atomic E-state index is 0.710. The van der Waals surface area contributed by atoms with E-state index in [-0.39, 0.29) is 0 Å². The molecule has 1 aliphatic rings. The Morgan fingerprint density at radius 2 is 2.27 bits per heavy atom. The van der Waals surface area contributed by atoms with E-state index in [1.54, 1.807) is 7.11 Å². The topological polar surface area (TPSA) is 21.3 Å². The summed E-state index contributed by atoms with van der Waals surface area (Å²) in [5, 5.41) is 3.99. The zero-order valence-corrected chi connectivity index (χ0v) is 9.68. The monoisotopic (exact) mass is 225 g/mol. The third-order valence-corrected chi connectivity index (χ3v) is 3.22. The van der Waals surface area contributed by atoms with Gasteiger partial charge in [-0.3, -0.25) is 0 Å². The third-order valence-electron chi connectivity index (χ3n) is 2.92. The predicted molar refractivity (Wildman–Crippen MR) is 62.7 cm³/mol. The van der Waals surface area contributed by atoms with E-state index in [1.165, 1.54) is 25.1 Å². The van der Waals surface area contributed by atoms with Gasteiger partial charge in [-0.05, 0) is 49.5 Å². The van der Waals surface area contributed by atoms with Crippen LogP contribution in [0.4, 0.5) is 0 Å². The molecular formula is C12H16ClNO. The van der Waals surface area contributed by atoms with Crippen LogP contribution < -0.4 is 10.1 Å². The summed E-state index contributed by atoms with van der Waals surface area (Å²) in [6.07, 6.45) is 2.35. The van der Waals surface area contributed by atoms with Crippen LogP contribution in [0, 0.1) is 5.92 Å². The molecule has 0 saturated carbocycles. The molecule has 3 heteroatoms. The Morgan fingerprint density at radius 3 is 2.80 bits per heavy atom. The van der Waals surface area contributed by atoms with Gasteiger partial charge in [0.25, 0.3) is 0 Å². The number of ether oxygens (including phenoxy) is 1. The Balaban J connectivity index is 1.93. The summed E-state index contributed by atoms with van der Waals surface area (Å²) in [4.78, 5) is 0. The van der Waals surface area contributed by atoms with Crippen LogP contribution in [0.15, 0.2) is 18.2 Å². The van der Waals surface area contributed by atoms with Gasteiger partial charge in [0, 0.05) is 0 Å². The highest BCUT2D eigenvalue weighted by Gasteiger charge is 2.16. The highest BCUT2D eigenvalue weighted by atomic mass is 35.5. The number of hydrogen-bond acceptors (Lipinski definition) is 2. The second kappa shape index (κ2) is 4.86. The van der Waals surface area contributed by atoms with Gasteiger partial charge in [-0.1, -0.05) is 17.7 Å². The Hall–Kier alpha value is -0.730. The second-order valence-corrected chi connectivity index (χ2v) is 4.44. The Bertz CT molecular complexity index is 336. The van der Waals surface area contributed by atoms with Crippen LogP contribution in [0.5, 0.6) is 5.75 Å². The average Bonchev–Trinajstić information content (AvgIpc) is 2.16. The molecular weight excluding hydrogens is 210 g/mol. The molecule has 2 rings (SSSR count). The van der Waals surface area contributed by atoms with Crippen molar-refractivity contribution in [2.45, 2.75) is 12.8 Å². The first-order valence-corrected chi connectivity index (χ1v) is 5.70. The van der Waals surface area contributed by atoms with Gasteiger partial charge in [0.2, 0.25) is 0 Å². The van der Waals surface area contributed by atoms with Crippen LogP contribution in [0.25, 0.3) is 0 Å². The number of halogens is 1. The minimum Gasteiger partial charge on any atom is -0.495 e. The first kappa shape index (κ1) is 10.8. The lowest BCUT2D eigenvalue weighted by atomic mass is 9.95. The molecule has 82 valence electrons. The van der Waals surface area contributed by atoms with Crippen molar-refractivity contribution in [2.24, 2.45) is 5.92 Å². The van der Waals surface area contributed by atoms with Crippen molar-refractivity contribution in [1.29, 1.82) is 0 Å². The predicted octanol–water partition coefficient (Wildman–Crippen LogP) is 2.50. The van der Waals surface area contributed by atoms with Crippen LogP contribution in [-0.4, -0.2) is 20.2 Å². The number of hydrogen-bond donors (Lipinski definition) is 1. The van der Waals surface area contributed by atoms with Gasteiger partial charge in [0.05, 0.1) is 12.1 Å². The highest BCUT2D eigenvalue weighted by molar-refractivity contribution is 6.32. The number of aryl methyl sites for hydroxylation is 1. The largest absolute Gasteiger partial charge is 0.495 e. The fraction of sp³-hybridized carbons (Fsp3) is 0.500. The summed E-state index contributed by atoms with van der Waals surface area (Å²) in [7, 11) is 1.64. The molecule has 0 radical (unpaired) electrons. The van der Waals surface area contributed by atoms with E-state index in [0.29, 0.717) is 5.02 Å². The Morgan fingerprint density at radius 1 is 1.47 bits per heavy atom. The maximum atomic E-state index is 6.06. The van der Waals surface area contributed by atoms with Crippen LogP contribution in [0.3, 0.4) is 0 Å². The van der Waals surface area contributed by atoms with Crippen molar-refractivity contribution in [3.63, 3.8) is 0 Å². The van der Waals surface area contributed by atoms with Gasteiger partial charge >= 0.3 is 0 Å². The molecule has 0 aliphatic carbocycles. The highest BCUT2D eigenvalue weighted by Crippen LogP contribution is 2.26. The van der Waals surface area contributed by atoms with Crippen LogP contribution in [0.1, 0.15) is 12.0 Å². The molecule has 2 nitrogen and oxygen atoms in total. The molecule has 1 heterocycles. The summed E-state index contributed by atoms with van der Waals surface area (Å²) in [6.45, 7) is 2.34. The summed E-state index contributed by atoms with van der Waals surface area (Å²) in [5.74, 6) is 1.61. The first-order valence-electron chi connectivity index (χ1n) is 5.32.